The normalized spacial score (nSPS) is 17.9. The van der Waals surface area contributed by atoms with Gasteiger partial charge in [0.1, 0.15) is 0 Å². The molecule has 0 aliphatic carbocycles. The SMILES string of the molecule is SC1=CCC=CC=N1. The first kappa shape index (κ1) is 5.63. The fourth-order valence-electron chi connectivity index (χ4n) is 0.485. The van der Waals surface area contributed by atoms with Crippen LogP contribution in [0.4, 0.5) is 0 Å². The molecule has 1 nitrogen and oxygen atoms in total. The van der Waals surface area contributed by atoms with Gasteiger partial charge in [-0.05, 0) is 18.6 Å². The number of thiol groups is 1. The fraction of sp³-hybridized carbons (Fsp3) is 0.167. The van der Waals surface area contributed by atoms with Crippen LogP contribution in [0.1, 0.15) is 6.42 Å². The van der Waals surface area contributed by atoms with Crippen LogP contribution in [0.15, 0.2) is 28.2 Å². The molecule has 0 bridgehead atoms. The molecule has 0 amide bonds. The zero-order valence-electron chi connectivity index (χ0n) is 4.41. The first-order valence-electron chi connectivity index (χ1n) is 2.48. The van der Waals surface area contributed by atoms with E-state index < -0.39 is 0 Å². The van der Waals surface area contributed by atoms with Crippen molar-refractivity contribution in [3.8, 4) is 0 Å². The van der Waals surface area contributed by atoms with Gasteiger partial charge >= 0.3 is 0 Å². The standard InChI is InChI=1S/C6H7NS/c8-6-4-2-1-3-5-7-6/h1,3-5,8H,2H2. The zero-order chi connectivity index (χ0) is 5.82. The van der Waals surface area contributed by atoms with Crippen LogP contribution in [0.25, 0.3) is 0 Å². The largest absolute Gasteiger partial charge is 0.251 e. The highest BCUT2D eigenvalue weighted by atomic mass is 32.1. The summed E-state index contributed by atoms with van der Waals surface area (Å²) in [5.41, 5.74) is 0. The molecule has 1 rings (SSSR count). The van der Waals surface area contributed by atoms with Crippen molar-refractivity contribution in [1.29, 1.82) is 0 Å². The molecule has 0 aromatic rings. The van der Waals surface area contributed by atoms with Crippen LogP contribution in [0.2, 0.25) is 0 Å². The Morgan fingerprint density at radius 3 is 3.38 bits per heavy atom. The number of hydrogen-bond acceptors (Lipinski definition) is 2. The quantitative estimate of drug-likeness (QED) is 0.474. The molecule has 0 radical (unpaired) electrons. The summed E-state index contributed by atoms with van der Waals surface area (Å²) in [5, 5.41) is 0.801. The lowest BCUT2D eigenvalue weighted by molar-refractivity contribution is 1.37. The third-order valence-electron chi connectivity index (χ3n) is 0.865. The van der Waals surface area contributed by atoms with Crippen molar-refractivity contribution in [2.75, 3.05) is 0 Å². The van der Waals surface area contributed by atoms with Gasteiger partial charge in [0.2, 0.25) is 0 Å². The molecule has 42 valence electrons. The van der Waals surface area contributed by atoms with Crippen molar-refractivity contribution >= 4 is 18.8 Å². The van der Waals surface area contributed by atoms with Gasteiger partial charge in [0.05, 0.1) is 5.03 Å². The molecular weight excluding hydrogens is 118 g/mol. The smallest absolute Gasteiger partial charge is 0.0892 e. The van der Waals surface area contributed by atoms with E-state index in [-0.39, 0.29) is 0 Å². The maximum atomic E-state index is 4.05. The number of nitrogens with zero attached hydrogens (tertiary/aromatic N) is 1. The summed E-state index contributed by atoms with van der Waals surface area (Å²) in [5.74, 6) is 0. The number of rotatable bonds is 0. The second kappa shape index (κ2) is 2.72. The van der Waals surface area contributed by atoms with E-state index >= 15 is 0 Å². The molecule has 0 aromatic carbocycles. The predicted octanol–water partition coefficient (Wildman–Crippen LogP) is 1.79. The van der Waals surface area contributed by atoms with Crippen LogP contribution in [0.3, 0.4) is 0 Å². The Labute approximate surface area is 54.2 Å². The molecular formula is C6H7NS. The molecule has 0 saturated heterocycles. The van der Waals surface area contributed by atoms with Gasteiger partial charge in [-0.1, -0.05) is 6.08 Å². The van der Waals surface area contributed by atoms with Crippen LogP contribution >= 0.6 is 12.6 Å². The molecule has 8 heavy (non-hydrogen) atoms. The van der Waals surface area contributed by atoms with E-state index in [2.05, 4.69) is 17.6 Å². The molecule has 0 spiro atoms. The Balaban J connectivity index is 2.69. The Morgan fingerprint density at radius 2 is 2.50 bits per heavy atom. The minimum Gasteiger partial charge on any atom is -0.251 e. The Morgan fingerprint density at radius 1 is 1.62 bits per heavy atom. The topological polar surface area (TPSA) is 12.4 Å². The van der Waals surface area contributed by atoms with Crippen molar-refractivity contribution in [3.05, 3.63) is 23.3 Å². The molecule has 0 N–H and O–H groups in total. The maximum Gasteiger partial charge on any atom is 0.0892 e. The zero-order valence-corrected chi connectivity index (χ0v) is 5.31. The maximum absolute atomic E-state index is 4.05. The van der Waals surface area contributed by atoms with E-state index in [4.69, 9.17) is 0 Å². The van der Waals surface area contributed by atoms with E-state index in [1.54, 1.807) is 6.21 Å². The number of allylic oxidation sites excluding steroid dienone is 3. The summed E-state index contributed by atoms with van der Waals surface area (Å²) >= 11 is 4.05. The first-order valence-corrected chi connectivity index (χ1v) is 2.92. The lowest BCUT2D eigenvalue weighted by atomic mass is 10.4. The van der Waals surface area contributed by atoms with Gasteiger partial charge < -0.3 is 0 Å². The molecule has 1 aliphatic heterocycles. The summed E-state index contributed by atoms with van der Waals surface area (Å²) in [6, 6.07) is 0. The van der Waals surface area contributed by atoms with Crippen LogP contribution < -0.4 is 0 Å². The Bertz CT molecular complexity index is 153. The molecule has 1 heterocycles. The van der Waals surface area contributed by atoms with Gasteiger partial charge in [-0.3, -0.25) is 4.99 Å². The van der Waals surface area contributed by atoms with Gasteiger partial charge in [-0.15, -0.1) is 12.6 Å². The lowest BCUT2D eigenvalue weighted by Gasteiger charge is -1.81. The van der Waals surface area contributed by atoms with E-state index in [0.717, 1.165) is 11.4 Å². The summed E-state index contributed by atoms with van der Waals surface area (Å²) in [4.78, 5) is 3.94. The highest BCUT2D eigenvalue weighted by molar-refractivity contribution is 7.84. The average molecular weight is 125 g/mol. The van der Waals surface area contributed by atoms with Crippen molar-refractivity contribution < 1.29 is 0 Å². The second-order valence-electron chi connectivity index (χ2n) is 1.50. The van der Waals surface area contributed by atoms with Crippen LogP contribution in [-0.2, 0) is 0 Å². The predicted molar refractivity (Wildman–Crippen MR) is 39.3 cm³/mol. The van der Waals surface area contributed by atoms with Gasteiger partial charge in [0.25, 0.3) is 0 Å². The molecule has 0 fully saturated rings. The highest BCUT2D eigenvalue weighted by Gasteiger charge is 1.83. The minimum absolute atomic E-state index is 0.801. The number of aliphatic imine (C=N–C) groups is 1. The fourth-order valence-corrected chi connectivity index (χ4v) is 0.657. The number of hydrogen-bond donors (Lipinski definition) is 1. The average Bonchev–Trinajstić information content (AvgIpc) is 1.94. The molecule has 2 heteroatoms. The van der Waals surface area contributed by atoms with Crippen molar-refractivity contribution in [2.24, 2.45) is 4.99 Å². The molecule has 0 aromatic heterocycles. The highest BCUT2D eigenvalue weighted by Crippen LogP contribution is 2.05. The monoisotopic (exact) mass is 125 g/mol. The van der Waals surface area contributed by atoms with Gasteiger partial charge in [-0.25, -0.2) is 0 Å². The van der Waals surface area contributed by atoms with Crippen molar-refractivity contribution in [1.82, 2.24) is 0 Å². The van der Waals surface area contributed by atoms with Crippen molar-refractivity contribution in [2.45, 2.75) is 6.42 Å². The Hall–Kier alpha value is -0.500. The van der Waals surface area contributed by atoms with E-state index in [9.17, 15) is 0 Å². The van der Waals surface area contributed by atoms with Crippen LogP contribution in [-0.4, -0.2) is 6.21 Å². The van der Waals surface area contributed by atoms with E-state index in [0.29, 0.717) is 0 Å². The lowest BCUT2D eigenvalue weighted by Crippen LogP contribution is -1.60. The van der Waals surface area contributed by atoms with Crippen LogP contribution in [0.5, 0.6) is 0 Å². The summed E-state index contributed by atoms with van der Waals surface area (Å²) < 4.78 is 0. The first-order chi connectivity index (χ1) is 3.89. The van der Waals surface area contributed by atoms with Gasteiger partial charge in [0.15, 0.2) is 0 Å². The molecule has 1 aliphatic rings. The summed E-state index contributed by atoms with van der Waals surface area (Å²) in [6.45, 7) is 0. The molecule has 0 unspecified atom stereocenters. The third-order valence-corrected chi connectivity index (χ3v) is 1.16. The molecule has 0 saturated carbocycles. The molecule has 0 atom stereocenters. The Kier molecular flexibility index (Phi) is 1.92. The third kappa shape index (κ3) is 1.54. The summed E-state index contributed by atoms with van der Waals surface area (Å²) in [7, 11) is 0. The van der Waals surface area contributed by atoms with E-state index in [1.165, 1.54) is 0 Å². The van der Waals surface area contributed by atoms with Gasteiger partial charge in [-0.2, -0.15) is 0 Å². The minimum atomic E-state index is 0.801. The van der Waals surface area contributed by atoms with E-state index in [1.807, 2.05) is 18.2 Å². The van der Waals surface area contributed by atoms with Gasteiger partial charge in [0, 0.05) is 6.21 Å². The second-order valence-corrected chi connectivity index (χ2v) is 1.96. The summed E-state index contributed by atoms with van der Waals surface area (Å²) in [6.07, 6.45) is 8.60. The van der Waals surface area contributed by atoms with Crippen LogP contribution in [0, 0.1) is 0 Å². The van der Waals surface area contributed by atoms with Crippen molar-refractivity contribution in [3.63, 3.8) is 0 Å².